The van der Waals surface area contributed by atoms with E-state index in [9.17, 15) is 25.5 Å². The Bertz CT molecular complexity index is 858. The van der Waals surface area contributed by atoms with Crippen molar-refractivity contribution < 1.29 is 30.3 Å². The van der Waals surface area contributed by atoms with E-state index in [4.69, 9.17) is 4.74 Å². The number of hydrogen-bond donors (Lipinski definition) is 5. The quantitative estimate of drug-likeness (QED) is 0.514. The van der Waals surface area contributed by atoms with Crippen molar-refractivity contribution in [2.45, 2.75) is 62.3 Å². The zero-order valence-electron chi connectivity index (χ0n) is 16.4. The molecule has 156 valence electrons. The maximum Gasteiger partial charge on any atom is 0.113 e. The van der Waals surface area contributed by atoms with Gasteiger partial charge in [0.15, 0.2) is 0 Å². The predicted molar refractivity (Wildman–Crippen MR) is 106 cm³/mol. The first-order chi connectivity index (χ1) is 13.8. The number of aliphatic hydroxyl groups excluding tert-OH is 4. The van der Waals surface area contributed by atoms with Gasteiger partial charge in [-0.3, -0.25) is 0 Å². The largest absolute Gasteiger partial charge is 0.394 e. The Hall–Kier alpha value is -1.80. The SMILES string of the molecule is Cc1ccc([C@@H]2O[C@H](CO)[C@@H](O)[C@H](O)C2O)cc1Cc1ccc(C2(O)CC2)cc1. The highest BCUT2D eigenvalue weighted by molar-refractivity contribution is 5.38. The molecular formula is C23H28O6. The molecule has 29 heavy (non-hydrogen) atoms. The normalized spacial score (nSPS) is 30.9. The van der Waals surface area contributed by atoms with Crippen LogP contribution in [0.25, 0.3) is 0 Å². The smallest absolute Gasteiger partial charge is 0.113 e. The van der Waals surface area contributed by atoms with Crippen LogP contribution in [0, 0.1) is 6.92 Å². The molecular weight excluding hydrogens is 372 g/mol. The van der Waals surface area contributed by atoms with Crippen LogP contribution in [0.5, 0.6) is 0 Å². The summed E-state index contributed by atoms with van der Waals surface area (Å²) in [5.74, 6) is 0. The molecule has 6 nitrogen and oxygen atoms in total. The van der Waals surface area contributed by atoms with Crippen molar-refractivity contribution in [1.82, 2.24) is 0 Å². The third-order valence-electron chi connectivity index (χ3n) is 6.20. The fourth-order valence-electron chi connectivity index (χ4n) is 4.00. The van der Waals surface area contributed by atoms with Crippen molar-refractivity contribution in [2.24, 2.45) is 0 Å². The van der Waals surface area contributed by atoms with E-state index < -0.39 is 42.7 Å². The Morgan fingerprint density at radius 1 is 0.966 bits per heavy atom. The molecule has 5 N–H and O–H groups in total. The van der Waals surface area contributed by atoms with Gasteiger partial charge in [0, 0.05) is 0 Å². The Kier molecular flexibility index (Phi) is 5.50. The summed E-state index contributed by atoms with van der Waals surface area (Å²) >= 11 is 0. The van der Waals surface area contributed by atoms with Gasteiger partial charge in [-0.05, 0) is 54.0 Å². The maximum absolute atomic E-state index is 10.4. The van der Waals surface area contributed by atoms with Crippen LogP contribution in [0.15, 0.2) is 42.5 Å². The molecule has 0 amide bonds. The maximum atomic E-state index is 10.4. The summed E-state index contributed by atoms with van der Waals surface area (Å²) in [6, 6.07) is 13.7. The minimum absolute atomic E-state index is 0.446. The average Bonchev–Trinajstić information content (AvgIpc) is 3.47. The van der Waals surface area contributed by atoms with Gasteiger partial charge in [-0.1, -0.05) is 42.5 Å². The van der Waals surface area contributed by atoms with Crippen molar-refractivity contribution in [1.29, 1.82) is 0 Å². The highest BCUT2D eigenvalue weighted by atomic mass is 16.5. The summed E-state index contributed by atoms with van der Waals surface area (Å²) in [6.45, 7) is 1.56. The minimum Gasteiger partial charge on any atom is -0.394 e. The first kappa shape index (κ1) is 20.5. The summed E-state index contributed by atoms with van der Waals surface area (Å²) in [7, 11) is 0. The number of ether oxygens (including phenoxy) is 1. The van der Waals surface area contributed by atoms with Gasteiger partial charge in [0.25, 0.3) is 0 Å². The second-order valence-corrected chi connectivity index (χ2v) is 8.34. The highest BCUT2D eigenvalue weighted by Crippen LogP contribution is 2.45. The summed E-state index contributed by atoms with van der Waals surface area (Å²) in [5, 5.41) is 50.1. The minimum atomic E-state index is -1.39. The van der Waals surface area contributed by atoms with E-state index in [-0.39, 0.29) is 0 Å². The predicted octanol–water partition coefficient (Wildman–Crippen LogP) is 1.08. The van der Waals surface area contributed by atoms with Crippen LogP contribution < -0.4 is 0 Å². The first-order valence-corrected chi connectivity index (χ1v) is 10.0. The van der Waals surface area contributed by atoms with Gasteiger partial charge < -0.3 is 30.3 Å². The second kappa shape index (κ2) is 7.80. The third-order valence-corrected chi connectivity index (χ3v) is 6.20. The molecule has 1 heterocycles. The van der Waals surface area contributed by atoms with Gasteiger partial charge in [-0.15, -0.1) is 0 Å². The molecule has 1 aliphatic heterocycles. The molecule has 1 aliphatic carbocycles. The number of aryl methyl sites for hydroxylation is 1. The molecule has 6 heteroatoms. The Morgan fingerprint density at radius 2 is 1.66 bits per heavy atom. The van der Waals surface area contributed by atoms with E-state index in [1.165, 1.54) is 0 Å². The van der Waals surface area contributed by atoms with Crippen molar-refractivity contribution in [3.8, 4) is 0 Å². The van der Waals surface area contributed by atoms with E-state index in [0.717, 1.165) is 35.1 Å². The molecule has 2 aliphatic rings. The van der Waals surface area contributed by atoms with Crippen molar-refractivity contribution in [2.75, 3.05) is 6.61 Å². The molecule has 2 aromatic carbocycles. The Balaban J connectivity index is 1.56. The lowest BCUT2D eigenvalue weighted by Crippen LogP contribution is -2.55. The van der Waals surface area contributed by atoms with Crippen molar-refractivity contribution in [3.05, 3.63) is 70.3 Å². The van der Waals surface area contributed by atoms with Crippen LogP contribution >= 0.6 is 0 Å². The van der Waals surface area contributed by atoms with Crippen LogP contribution in [-0.4, -0.2) is 56.6 Å². The summed E-state index contributed by atoms with van der Waals surface area (Å²) in [6.07, 6.45) is -3.51. The zero-order chi connectivity index (χ0) is 20.8. The number of hydrogen-bond acceptors (Lipinski definition) is 6. The fraction of sp³-hybridized carbons (Fsp3) is 0.478. The molecule has 2 aromatic rings. The van der Waals surface area contributed by atoms with Crippen molar-refractivity contribution in [3.63, 3.8) is 0 Å². The van der Waals surface area contributed by atoms with Crippen LogP contribution in [0.1, 0.15) is 46.8 Å². The van der Waals surface area contributed by atoms with Crippen LogP contribution in [0.4, 0.5) is 0 Å². The summed E-state index contributed by atoms with van der Waals surface area (Å²) in [5.41, 5.74) is 4.24. The molecule has 1 saturated carbocycles. The van der Waals surface area contributed by atoms with E-state index in [0.29, 0.717) is 12.0 Å². The van der Waals surface area contributed by atoms with E-state index in [2.05, 4.69) is 0 Å². The topological polar surface area (TPSA) is 110 Å². The Labute approximate surface area is 170 Å². The van der Waals surface area contributed by atoms with Crippen LogP contribution in [0.3, 0.4) is 0 Å². The van der Waals surface area contributed by atoms with Gasteiger partial charge in [0.2, 0.25) is 0 Å². The van der Waals surface area contributed by atoms with Gasteiger partial charge in [-0.2, -0.15) is 0 Å². The lowest BCUT2D eigenvalue weighted by Gasteiger charge is -2.40. The van der Waals surface area contributed by atoms with Gasteiger partial charge >= 0.3 is 0 Å². The molecule has 0 bridgehead atoms. The number of rotatable bonds is 5. The number of benzene rings is 2. The standard InChI is InChI=1S/C23H28O6/c1-13-2-5-15(22-21(27)20(26)19(25)18(12-24)29-22)11-16(13)10-14-3-6-17(7-4-14)23(28)8-9-23/h2-7,11,18-22,24-28H,8-10,12H2,1H3/t18-,19-,20+,21?,22+/m1/s1. The number of aliphatic hydroxyl groups is 5. The van der Waals surface area contributed by atoms with E-state index in [1.54, 1.807) is 0 Å². The fourth-order valence-corrected chi connectivity index (χ4v) is 4.00. The summed E-state index contributed by atoms with van der Waals surface area (Å²) < 4.78 is 5.68. The molecule has 0 aromatic heterocycles. The van der Waals surface area contributed by atoms with Crippen LogP contribution in [0.2, 0.25) is 0 Å². The second-order valence-electron chi connectivity index (χ2n) is 8.34. The zero-order valence-corrected chi connectivity index (χ0v) is 16.4. The first-order valence-electron chi connectivity index (χ1n) is 10.0. The van der Waals surface area contributed by atoms with Gasteiger partial charge in [0.1, 0.15) is 30.5 Å². The average molecular weight is 400 g/mol. The summed E-state index contributed by atoms with van der Waals surface area (Å²) in [4.78, 5) is 0. The van der Waals surface area contributed by atoms with E-state index in [1.807, 2.05) is 49.4 Å². The molecule has 4 rings (SSSR count). The Morgan fingerprint density at radius 3 is 2.28 bits per heavy atom. The van der Waals surface area contributed by atoms with Gasteiger partial charge in [-0.25, -0.2) is 0 Å². The molecule has 5 atom stereocenters. The molecule has 1 unspecified atom stereocenters. The molecule has 1 saturated heterocycles. The molecule has 0 radical (unpaired) electrons. The van der Waals surface area contributed by atoms with Crippen LogP contribution in [-0.2, 0) is 16.8 Å². The molecule has 2 fully saturated rings. The van der Waals surface area contributed by atoms with Gasteiger partial charge in [0.05, 0.1) is 12.2 Å². The highest BCUT2D eigenvalue weighted by Gasteiger charge is 2.44. The lowest BCUT2D eigenvalue weighted by molar-refractivity contribution is -0.231. The van der Waals surface area contributed by atoms with E-state index >= 15 is 0 Å². The molecule has 0 spiro atoms. The van der Waals surface area contributed by atoms with Crippen molar-refractivity contribution >= 4 is 0 Å². The third kappa shape index (κ3) is 3.97. The lowest BCUT2D eigenvalue weighted by atomic mass is 9.89. The monoisotopic (exact) mass is 400 g/mol.